The van der Waals surface area contributed by atoms with E-state index < -0.39 is 29.2 Å². The fourth-order valence-corrected chi connectivity index (χ4v) is 13.3. The number of aromatic amines is 2. The highest BCUT2D eigenvalue weighted by molar-refractivity contribution is 5.89. The van der Waals surface area contributed by atoms with Crippen molar-refractivity contribution in [2.45, 2.75) is 192 Å². The van der Waals surface area contributed by atoms with Crippen LogP contribution in [-0.2, 0) is 14.3 Å². The van der Waals surface area contributed by atoms with Crippen molar-refractivity contribution in [1.82, 2.24) is 34.9 Å². The van der Waals surface area contributed by atoms with Crippen LogP contribution in [0.1, 0.15) is 149 Å². The standard InChI is InChI=1S/C30H43FN4O3.C25H35FN4O/c1-29(2,3)26(33-28(37)38-30(4,5)6)27(36)34-14-13-24-25(34)22(17-35(24)19-9-7-8-10-19)21-16-32-23-15-18(31)11-12-20(21)23;1-25(2,3)23(27)24(31)29-11-10-21-22(29)19(14-30(21)16-6-4-5-7-16)18-13-28-20-12-15(26)8-9-17(18)20/h11-12,15-16,19,22,24-26,32H,7-10,13-14,17H2,1-6H3,(H,33,37);8-9,12-13,16,19,21-23,28H,4-7,10-11,14,27H2,1-3H3/t22-,24+,25+,26+;19-,21+,22+,23+/m00/s1. The predicted octanol–water partition coefficient (Wildman–Crippen LogP) is 9.55. The van der Waals surface area contributed by atoms with Gasteiger partial charge in [-0.3, -0.25) is 19.4 Å². The molecule has 3 amide bonds. The molecule has 4 aromatic rings. The third kappa shape index (κ3) is 9.80. The number of nitrogens with one attached hydrogen (secondary N) is 3. The Morgan fingerprint density at radius 1 is 0.652 bits per heavy atom. The second-order valence-electron chi connectivity index (χ2n) is 24.4. The number of aromatic nitrogens is 2. The Bertz CT molecular complexity index is 2510. The van der Waals surface area contributed by atoms with Crippen LogP contribution in [0.3, 0.4) is 0 Å². The highest BCUT2D eigenvalue weighted by Crippen LogP contribution is 2.48. The molecule has 2 aromatic carbocycles. The van der Waals surface area contributed by atoms with Gasteiger partial charge in [0.2, 0.25) is 11.8 Å². The molecule has 0 radical (unpaired) electrons. The summed E-state index contributed by atoms with van der Waals surface area (Å²) in [7, 11) is 0. The zero-order chi connectivity index (χ0) is 49.3. The van der Waals surface area contributed by atoms with Crippen LogP contribution < -0.4 is 11.1 Å². The van der Waals surface area contributed by atoms with Crippen LogP contribution in [0.15, 0.2) is 48.8 Å². The summed E-state index contributed by atoms with van der Waals surface area (Å²) in [5.74, 6) is -0.158. The maximum Gasteiger partial charge on any atom is 0.408 e. The van der Waals surface area contributed by atoms with Gasteiger partial charge < -0.3 is 35.6 Å². The Kier molecular flexibility index (Phi) is 13.5. The fraction of sp³-hybridized carbons (Fsp3) is 0.655. The van der Waals surface area contributed by atoms with Crippen LogP contribution in [0.5, 0.6) is 0 Å². The SMILES string of the molecule is CC(C)(C)OC(=O)N[C@H](C(=O)N1CC[C@@H]2[C@H]1[C@H](c1c[nH]c3cc(F)ccc13)CN2C1CCCC1)C(C)(C)C.CC(C)(C)[C@H](N)C(=O)N1CC[C@@H]2[C@H]1[C@H](c1c[nH]c3cc(F)ccc13)CN2C1CCCC1. The fourth-order valence-electron chi connectivity index (χ4n) is 13.3. The molecule has 12 nitrogen and oxygen atoms in total. The summed E-state index contributed by atoms with van der Waals surface area (Å²) in [6.07, 6.45) is 15.4. The number of likely N-dealkylation sites (tertiary alicyclic amines) is 4. The minimum atomic E-state index is -0.714. The smallest absolute Gasteiger partial charge is 0.408 e. The van der Waals surface area contributed by atoms with Crippen molar-refractivity contribution in [1.29, 1.82) is 0 Å². The quantitative estimate of drug-likeness (QED) is 0.145. The summed E-state index contributed by atoms with van der Waals surface area (Å²) in [6.45, 7) is 20.8. The minimum Gasteiger partial charge on any atom is -0.444 e. The Morgan fingerprint density at radius 3 is 1.49 bits per heavy atom. The largest absolute Gasteiger partial charge is 0.444 e. The number of nitrogens with two attached hydrogens (primary N) is 1. The number of nitrogens with zero attached hydrogens (tertiary/aromatic N) is 4. The summed E-state index contributed by atoms with van der Waals surface area (Å²) in [6, 6.07) is 10.6. The molecule has 4 aliphatic heterocycles. The van der Waals surface area contributed by atoms with Crippen molar-refractivity contribution in [2.75, 3.05) is 26.2 Å². The van der Waals surface area contributed by atoms with E-state index in [0.717, 1.165) is 59.8 Å². The van der Waals surface area contributed by atoms with Gasteiger partial charge >= 0.3 is 6.09 Å². The first-order valence-corrected chi connectivity index (χ1v) is 26.0. The number of carbonyl (C=O) groups excluding carboxylic acids is 3. The van der Waals surface area contributed by atoms with E-state index in [2.05, 4.69) is 30.0 Å². The lowest BCUT2D eigenvalue weighted by Gasteiger charge is -2.37. The number of H-pyrrole nitrogens is 2. The summed E-state index contributed by atoms with van der Waals surface area (Å²) >= 11 is 0. The summed E-state index contributed by atoms with van der Waals surface area (Å²) in [5, 5.41) is 4.99. The van der Waals surface area contributed by atoms with Crippen molar-refractivity contribution in [2.24, 2.45) is 16.6 Å². The number of benzene rings is 2. The van der Waals surface area contributed by atoms with Crippen LogP contribution in [-0.4, -0.2) is 128 Å². The number of hydrogen-bond donors (Lipinski definition) is 4. The van der Waals surface area contributed by atoms with E-state index in [-0.39, 0.29) is 58.8 Å². The summed E-state index contributed by atoms with van der Waals surface area (Å²) < 4.78 is 33.3. The molecule has 4 saturated heterocycles. The molecule has 8 atom stereocenters. The van der Waals surface area contributed by atoms with Gasteiger partial charge in [0.25, 0.3) is 0 Å². The van der Waals surface area contributed by atoms with Crippen molar-refractivity contribution in [3.05, 3.63) is 71.6 Å². The molecule has 69 heavy (non-hydrogen) atoms. The lowest BCUT2D eigenvalue weighted by molar-refractivity contribution is -0.137. The lowest BCUT2D eigenvalue weighted by atomic mass is 9.85. The second kappa shape index (κ2) is 18.9. The highest BCUT2D eigenvalue weighted by Gasteiger charge is 2.56. The summed E-state index contributed by atoms with van der Waals surface area (Å²) in [4.78, 5) is 56.6. The average molecular weight is 953 g/mol. The molecule has 5 N–H and O–H groups in total. The number of alkyl carbamates (subject to hydrolysis) is 1. The third-order valence-corrected chi connectivity index (χ3v) is 16.6. The van der Waals surface area contributed by atoms with E-state index in [1.165, 1.54) is 75.1 Å². The molecule has 2 saturated carbocycles. The van der Waals surface area contributed by atoms with Crippen molar-refractivity contribution >= 4 is 39.7 Å². The van der Waals surface area contributed by atoms with Gasteiger partial charge in [-0.15, -0.1) is 0 Å². The molecular formula is C55H78F2N8O4. The lowest BCUT2D eigenvalue weighted by Crippen LogP contribution is -2.57. The van der Waals surface area contributed by atoms with E-state index >= 15 is 0 Å². The van der Waals surface area contributed by atoms with E-state index in [1.54, 1.807) is 6.07 Å². The highest BCUT2D eigenvalue weighted by atomic mass is 19.1. The number of ether oxygens (including phenoxy) is 1. The molecule has 14 heteroatoms. The van der Waals surface area contributed by atoms with E-state index in [4.69, 9.17) is 10.5 Å². The van der Waals surface area contributed by atoms with E-state index in [0.29, 0.717) is 24.7 Å². The monoisotopic (exact) mass is 953 g/mol. The number of rotatable bonds is 7. The Balaban J connectivity index is 0.000000175. The van der Waals surface area contributed by atoms with Crippen molar-refractivity contribution < 1.29 is 27.9 Å². The Hall–Kier alpha value is -4.53. The molecule has 10 rings (SSSR count). The zero-order valence-electron chi connectivity index (χ0n) is 42.5. The van der Waals surface area contributed by atoms with Gasteiger partial charge in [0.15, 0.2) is 0 Å². The number of amides is 3. The number of carbonyl (C=O) groups is 3. The number of fused-ring (bicyclic) bond motifs is 4. The zero-order valence-corrected chi connectivity index (χ0v) is 42.5. The van der Waals surface area contributed by atoms with Crippen LogP contribution >= 0.6 is 0 Å². The van der Waals surface area contributed by atoms with Gasteiger partial charge in [-0.1, -0.05) is 67.2 Å². The van der Waals surface area contributed by atoms with E-state index in [9.17, 15) is 23.2 Å². The molecule has 6 aliphatic rings. The van der Waals surface area contributed by atoms with Gasteiger partial charge in [0.1, 0.15) is 23.3 Å². The predicted molar refractivity (Wildman–Crippen MR) is 268 cm³/mol. The first-order valence-electron chi connectivity index (χ1n) is 26.0. The normalized spacial score (nSPS) is 27.0. The van der Waals surface area contributed by atoms with Crippen LogP contribution in [0.25, 0.3) is 21.8 Å². The first kappa shape index (κ1) is 49.5. The molecule has 376 valence electrons. The molecule has 6 heterocycles. The van der Waals surface area contributed by atoms with Crippen LogP contribution in [0, 0.1) is 22.5 Å². The first-order chi connectivity index (χ1) is 32.6. The second-order valence-corrected chi connectivity index (χ2v) is 24.4. The van der Waals surface area contributed by atoms with Gasteiger partial charge in [-0.05, 0) is 118 Å². The summed E-state index contributed by atoms with van der Waals surface area (Å²) in [5.41, 5.74) is 8.97. The van der Waals surface area contributed by atoms with Gasteiger partial charge in [-0.2, -0.15) is 0 Å². The van der Waals surface area contributed by atoms with Gasteiger partial charge in [0.05, 0.1) is 18.1 Å². The molecule has 0 unspecified atom stereocenters. The molecule has 0 bridgehead atoms. The number of hydrogen-bond acceptors (Lipinski definition) is 7. The maximum absolute atomic E-state index is 14.3. The Morgan fingerprint density at radius 2 is 1.09 bits per heavy atom. The molecule has 2 aromatic heterocycles. The molecule has 0 spiro atoms. The van der Waals surface area contributed by atoms with Crippen LogP contribution in [0.4, 0.5) is 13.6 Å². The minimum absolute atomic E-state index is 0.00237. The molecule has 6 fully saturated rings. The Labute approximate surface area is 407 Å². The van der Waals surface area contributed by atoms with E-state index in [1.807, 2.05) is 91.7 Å². The van der Waals surface area contributed by atoms with Gasteiger partial charge in [-0.25, -0.2) is 13.6 Å². The van der Waals surface area contributed by atoms with Crippen molar-refractivity contribution in [3.8, 4) is 0 Å². The van der Waals surface area contributed by atoms with Crippen LogP contribution in [0.2, 0.25) is 0 Å². The van der Waals surface area contributed by atoms with Crippen molar-refractivity contribution in [3.63, 3.8) is 0 Å². The van der Waals surface area contributed by atoms with Gasteiger partial charge in [0, 0.05) is 96.4 Å². The average Bonchev–Trinajstić information content (AvgIpc) is 4.12. The maximum atomic E-state index is 14.3. The topological polar surface area (TPSA) is 143 Å². The molecular weight excluding hydrogens is 875 g/mol. The molecule has 2 aliphatic carbocycles. The number of halogens is 2. The third-order valence-electron chi connectivity index (χ3n) is 16.6.